The number of fused-ring (bicyclic) bond motifs is 1. The molecule has 0 saturated carbocycles. The first kappa shape index (κ1) is 9.46. The van der Waals surface area contributed by atoms with Crippen molar-refractivity contribution in [2.45, 2.75) is 26.9 Å². The number of aliphatic imine (C=N–C) groups is 1. The smallest absolute Gasteiger partial charge is 0.229 e. The first-order chi connectivity index (χ1) is 6.58. The van der Waals surface area contributed by atoms with E-state index in [2.05, 4.69) is 37.2 Å². The van der Waals surface area contributed by atoms with Crippen LogP contribution in [0.25, 0.3) is 0 Å². The zero-order valence-electron chi connectivity index (χ0n) is 9.09. The molecule has 0 unspecified atom stereocenters. The van der Waals surface area contributed by atoms with Gasteiger partial charge in [-0.2, -0.15) is 0 Å². The van der Waals surface area contributed by atoms with Crippen molar-refractivity contribution in [3.8, 4) is 0 Å². The second-order valence-electron chi connectivity index (χ2n) is 4.02. The number of nitrogens with zero attached hydrogens (tertiary/aromatic N) is 1. The van der Waals surface area contributed by atoms with Gasteiger partial charge >= 0.3 is 0 Å². The third-order valence-electron chi connectivity index (χ3n) is 2.22. The van der Waals surface area contributed by atoms with Crippen molar-refractivity contribution >= 4 is 14.8 Å². The summed E-state index contributed by atoms with van der Waals surface area (Å²) in [6.07, 6.45) is 4.26. The molecule has 0 fully saturated rings. The van der Waals surface area contributed by atoms with Crippen LogP contribution in [0.3, 0.4) is 0 Å². The van der Waals surface area contributed by atoms with Gasteiger partial charge in [-0.25, -0.2) is 4.99 Å². The summed E-state index contributed by atoms with van der Waals surface area (Å²) < 4.78 is 5.89. The van der Waals surface area contributed by atoms with Crippen LogP contribution in [0.15, 0.2) is 39.7 Å². The Balaban J connectivity index is 2.38. The molecular weight excluding hydrogens is 190 g/mol. The summed E-state index contributed by atoms with van der Waals surface area (Å²) in [5.41, 5.74) is 4.54. The number of hydrogen-bond donors (Lipinski definition) is 0. The largest absolute Gasteiger partial charge is 0.545 e. The van der Waals surface area contributed by atoms with E-state index >= 15 is 0 Å². The molecule has 74 valence electrons. The Morgan fingerprint density at radius 1 is 1.21 bits per heavy atom. The lowest BCUT2D eigenvalue weighted by Crippen LogP contribution is -2.08. The molecule has 0 radical (unpaired) electrons. The lowest BCUT2D eigenvalue weighted by atomic mass is 10.2. The van der Waals surface area contributed by atoms with Gasteiger partial charge in [0.2, 0.25) is 9.04 Å². The average molecular weight is 205 g/mol. The Kier molecular flexibility index (Phi) is 2.19. The van der Waals surface area contributed by atoms with E-state index in [0.29, 0.717) is 0 Å². The van der Waals surface area contributed by atoms with Gasteiger partial charge in [0.15, 0.2) is 0 Å². The minimum atomic E-state index is -1.03. The topological polar surface area (TPSA) is 21.6 Å². The van der Waals surface area contributed by atoms with Gasteiger partial charge in [0.05, 0.1) is 0 Å². The first-order valence-corrected chi connectivity index (χ1v) is 7.73. The van der Waals surface area contributed by atoms with E-state index in [0.717, 1.165) is 17.2 Å². The first-order valence-electron chi connectivity index (χ1n) is 4.95. The Hall–Kier alpha value is -1.09. The van der Waals surface area contributed by atoms with E-state index in [1.807, 2.05) is 6.92 Å². The summed E-state index contributed by atoms with van der Waals surface area (Å²) in [5, 5.41) is 0. The molecule has 0 aromatic rings. The van der Waals surface area contributed by atoms with Crippen LogP contribution < -0.4 is 0 Å². The van der Waals surface area contributed by atoms with Gasteiger partial charge in [-0.05, 0) is 44.7 Å². The molecule has 2 aliphatic rings. The summed E-state index contributed by atoms with van der Waals surface area (Å²) >= 11 is 0. The highest BCUT2D eigenvalue weighted by atomic mass is 28.3. The maximum absolute atomic E-state index is 5.89. The fourth-order valence-electron chi connectivity index (χ4n) is 1.73. The summed E-state index contributed by atoms with van der Waals surface area (Å²) in [7, 11) is -1.03. The zero-order chi connectivity index (χ0) is 10.3. The molecule has 0 saturated heterocycles. The zero-order valence-corrected chi connectivity index (χ0v) is 10.2. The summed E-state index contributed by atoms with van der Waals surface area (Å²) in [4.78, 5) is 4.48. The van der Waals surface area contributed by atoms with Crippen LogP contribution >= 0.6 is 0 Å². The SMILES string of the molecule is CC1=CC2=CC(C)=NC2=C1O[SiH](C)C. The highest BCUT2D eigenvalue weighted by molar-refractivity contribution is 6.48. The second-order valence-corrected chi connectivity index (χ2v) is 6.36. The predicted molar refractivity (Wildman–Crippen MR) is 61.9 cm³/mol. The van der Waals surface area contributed by atoms with Crippen LogP contribution in [0.1, 0.15) is 13.8 Å². The van der Waals surface area contributed by atoms with Gasteiger partial charge in [-0.1, -0.05) is 0 Å². The minimum absolute atomic E-state index is 1.01. The Labute approximate surface area is 86.4 Å². The van der Waals surface area contributed by atoms with Crippen molar-refractivity contribution in [2.75, 3.05) is 0 Å². The van der Waals surface area contributed by atoms with Crippen molar-refractivity contribution in [3.05, 3.63) is 34.8 Å². The molecule has 0 bridgehead atoms. The molecule has 0 aromatic carbocycles. The van der Waals surface area contributed by atoms with Crippen LogP contribution in [0, 0.1) is 0 Å². The monoisotopic (exact) mass is 205 g/mol. The van der Waals surface area contributed by atoms with E-state index in [-0.39, 0.29) is 0 Å². The lowest BCUT2D eigenvalue weighted by Gasteiger charge is -2.12. The number of allylic oxidation sites excluding steroid dienone is 3. The molecule has 3 heteroatoms. The maximum atomic E-state index is 5.89. The predicted octanol–water partition coefficient (Wildman–Crippen LogP) is 2.56. The Bertz CT molecular complexity index is 400. The van der Waals surface area contributed by atoms with Crippen molar-refractivity contribution in [1.82, 2.24) is 0 Å². The highest BCUT2D eigenvalue weighted by Crippen LogP contribution is 2.35. The lowest BCUT2D eigenvalue weighted by molar-refractivity contribution is 0.449. The number of hydrogen-bond acceptors (Lipinski definition) is 2. The molecule has 0 aromatic heterocycles. The van der Waals surface area contributed by atoms with Crippen LogP contribution in [-0.2, 0) is 4.43 Å². The van der Waals surface area contributed by atoms with Crippen molar-refractivity contribution in [2.24, 2.45) is 4.99 Å². The molecule has 0 amide bonds. The summed E-state index contributed by atoms with van der Waals surface area (Å²) in [6.45, 7) is 8.46. The standard InChI is InChI=1S/C11H15NOSi/c1-7-5-9-6-8(2)12-10(9)11(7)13-14(3)4/h5-6,14H,1-4H3. The molecule has 2 rings (SSSR count). The van der Waals surface area contributed by atoms with Crippen LogP contribution in [0.5, 0.6) is 0 Å². The quantitative estimate of drug-likeness (QED) is 0.635. The second kappa shape index (κ2) is 3.24. The van der Waals surface area contributed by atoms with Gasteiger partial charge in [-0.3, -0.25) is 0 Å². The van der Waals surface area contributed by atoms with E-state index in [9.17, 15) is 0 Å². The van der Waals surface area contributed by atoms with E-state index in [4.69, 9.17) is 4.43 Å². The average Bonchev–Trinajstić information content (AvgIpc) is 2.51. The van der Waals surface area contributed by atoms with E-state index in [1.165, 1.54) is 11.1 Å². The summed E-state index contributed by atoms with van der Waals surface area (Å²) in [6, 6.07) is 0. The molecule has 1 heterocycles. The van der Waals surface area contributed by atoms with Gasteiger partial charge in [0, 0.05) is 11.3 Å². The Morgan fingerprint density at radius 2 is 1.93 bits per heavy atom. The molecule has 0 atom stereocenters. The molecule has 0 spiro atoms. The van der Waals surface area contributed by atoms with Crippen molar-refractivity contribution in [3.63, 3.8) is 0 Å². The highest BCUT2D eigenvalue weighted by Gasteiger charge is 2.24. The van der Waals surface area contributed by atoms with E-state index < -0.39 is 9.04 Å². The van der Waals surface area contributed by atoms with Gasteiger partial charge in [0.25, 0.3) is 0 Å². The molecular formula is C11H15NOSi. The molecule has 2 nitrogen and oxygen atoms in total. The fraction of sp³-hybridized carbons (Fsp3) is 0.364. The molecule has 0 N–H and O–H groups in total. The van der Waals surface area contributed by atoms with Crippen LogP contribution in [-0.4, -0.2) is 14.8 Å². The van der Waals surface area contributed by atoms with Gasteiger partial charge < -0.3 is 4.43 Å². The maximum Gasteiger partial charge on any atom is 0.229 e. The fourth-order valence-corrected chi connectivity index (χ4v) is 2.50. The molecule has 14 heavy (non-hydrogen) atoms. The third-order valence-corrected chi connectivity index (χ3v) is 2.93. The van der Waals surface area contributed by atoms with Gasteiger partial charge in [0.1, 0.15) is 11.5 Å². The van der Waals surface area contributed by atoms with Crippen LogP contribution in [0.2, 0.25) is 13.1 Å². The van der Waals surface area contributed by atoms with Crippen LogP contribution in [0.4, 0.5) is 0 Å². The third kappa shape index (κ3) is 1.48. The Morgan fingerprint density at radius 3 is 2.57 bits per heavy atom. The van der Waals surface area contributed by atoms with Gasteiger partial charge in [-0.15, -0.1) is 0 Å². The summed E-state index contributed by atoms with van der Waals surface area (Å²) in [5.74, 6) is 1.01. The normalized spacial score (nSPS) is 19.6. The number of rotatable bonds is 2. The molecule has 1 aliphatic carbocycles. The van der Waals surface area contributed by atoms with Crippen molar-refractivity contribution in [1.29, 1.82) is 0 Å². The minimum Gasteiger partial charge on any atom is -0.545 e. The van der Waals surface area contributed by atoms with E-state index in [1.54, 1.807) is 0 Å². The van der Waals surface area contributed by atoms with Crippen molar-refractivity contribution < 1.29 is 4.43 Å². The molecule has 1 aliphatic heterocycles.